The Morgan fingerprint density at radius 2 is 1.29 bits per heavy atom. The van der Waals surface area contributed by atoms with Gasteiger partial charge in [-0.25, -0.2) is 0 Å². The lowest BCUT2D eigenvalue weighted by molar-refractivity contribution is -0.117. The molecule has 1 fully saturated rings. The van der Waals surface area contributed by atoms with Crippen LogP contribution in [-0.2, 0) is 14.2 Å². The number of hydrogen-bond acceptors (Lipinski definition) is 5. The second-order valence-corrected chi connectivity index (χ2v) is 3.56. The third-order valence-corrected chi connectivity index (χ3v) is 2.02. The van der Waals surface area contributed by atoms with Gasteiger partial charge in [0.05, 0.1) is 13.2 Å². The third kappa shape index (κ3) is 5.51. The van der Waals surface area contributed by atoms with Gasteiger partial charge in [0.25, 0.3) is 0 Å². The lowest BCUT2D eigenvalue weighted by Crippen LogP contribution is -2.31. The highest BCUT2D eigenvalue weighted by Gasteiger charge is 2.02. The fraction of sp³-hybridized carbons (Fsp3) is 1.00. The van der Waals surface area contributed by atoms with Crippen molar-refractivity contribution >= 4 is 0 Å². The van der Waals surface area contributed by atoms with Crippen LogP contribution in [0.4, 0.5) is 0 Å². The van der Waals surface area contributed by atoms with Gasteiger partial charge in [-0.15, -0.1) is 0 Å². The first-order chi connectivity index (χ1) is 6.79. The number of rotatable bonds is 0. The van der Waals surface area contributed by atoms with Gasteiger partial charge in [0.15, 0.2) is 0 Å². The van der Waals surface area contributed by atoms with E-state index < -0.39 is 0 Å². The van der Waals surface area contributed by atoms with Crippen molar-refractivity contribution in [2.24, 2.45) is 0 Å². The summed E-state index contributed by atoms with van der Waals surface area (Å²) in [6, 6.07) is 0. The number of ether oxygens (including phenoxy) is 3. The molecule has 14 heavy (non-hydrogen) atoms. The van der Waals surface area contributed by atoms with Crippen LogP contribution in [0.15, 0.2) is 0 Å². The Bertz CT molecular complexity index is 118. The van der Waals surface area contributed by atoms with Crippen LogP contribution in [0.1, 0.15) is 0 Å². The molecule has 0 atom stereocenters. The van der Waals surface area contributed by atoms with E-state index in [0.29, 0.717) is 20.3 Å². The molecule has 0 aromatic carbocycles. The summed E-state index contributed by atoms with van der Waals surface area (Å²) in [5.41, 5.74) is 0. The molecule has 0 N–H and O–H groups in total. The van der Waals surface area contributed by atoms with Crippen molar-refractivity contribution in [3.63, 3.8) is 0 Å². The quantitative estimate of drug-likeness (QED) is 0.545. The van der Waals surface area contributed by atoms with E-state index in [1.165, 1.54) is 0 Å². The van der Waals surface area contributed by atoms with Gasteiger partial charge in [-0.05, 0) is 14.1 Å². The van der Waals surface area contributed by atoms with Crippen molar-refractivity contribution in [3.05, 3.63) is 0 Å². The van der Waals surface area contributed by atoms with Crippen molar-refractivity contribution in [3.8, 4) is 0 Å². The summed E-state index contributed by atoms with van der Waals surface area (Å²) >= 11 is 0. The summed E-state index contributed by atoms with van der Waals surface area (Å²) in [6.45, 7) is 4.84. The van der Waals surface area contributed by atoms with Crippen LogP contribution in [0.5, 0.6) is 0 Å². The van der Waals surface area contributed by atoms with Crippen molar-refractivity contribution in [2.45, 2.75) is 0 Å². The molecule has 1 aliphatic rings. The van der Waals surface area contributed by atoms with Gasteiger partial charge in [-0.3, -0.25) is 9.80 Å². The minimum atomic E-state index is 0.357. The van der Waals surface area contributed by atoms with Gasteiger partial charge in [0.1, 0.15) is 20.3 Å². The Hall–Kier alpha value is -0.200. The Morgan fingerprint density at radius 3 is 1.79 bits per heavy atom. The molecule has 0 saturated carbocycles. The third-order valence-electron chi connectivity index (χ3n) is 2.02. The molecule has 0 bridgehead atoms. The molecule has 0 aromatic rings. The zero-order valence-electron chi connectivity index (χ0n) is 9.07. The minimum absolute atomic E-state index is 0.357. The van der Waals surface area contributed by atoms with Gasteiger partial charge in [0.2, 0.25) is 0 Å². The Balaban J connectivity index is 2.19. The van der Waals surface area contributed by atoms with E-state index in [9.17, 15) is 0 Å². The zero-order valence-corrected chi connectivity index (χ0v) is 9.07. The minimum Gasteiger partial charge on any atom is -0.379 e. The van der Waals surface area contributed by atoms with E-state index in [-0.39, 0.29) is 0 Å². The van der Waals surface area contributed by atoms with Gasteiger partial charge in [0, 0.05) is 13.1 Å². The molecule has 0 radical (unpaired) electrons. The van der Waals surface area contributed by atoms with Crippen LogP contribution >= 0.6 is 0 Å². The van der Waals surface area contributed by atoms with Crippen molar-refractivity contribution in [1.29, 1.82) is 0 Å². The molecule has 1 heterocycles. The van der Waals surface area contributed by atoms with Crippen LogP contribution < -0.4 is 0 Å². The molecule has 5 nitrogen and oxygen atoms in total. The molecule has 1 saturated heterocycles. The van der Waals surface area contributed by atoms with Gasteiger partial charge >= 0.3 is 0 Å². The maximum atomic E-state index is 5.45. The van der Waals surface area contributed by atoms with Crippen LogP contribution in [0.2, 0.25) is 0 Å². The summed E-state index contributed by atoms with van der Waals surface area (Å²) in [5.74, 6) is 0. The van der Waals surface area contributed by atoms with E-state index in [1.54, 1.807) is 0 Å². The number of hydrogen-bond donors (Lipinski definition) is 0. The van der Waals surface area contributed by atoms with Crippen LogP contribution in [-0.4, -0.2) is 70.5 Å². The van der Waals surface area contributed by atoms with E-state index >= 15 is 0 Å². The van der Waals surface area contributed by atoms with Crippen LogP contribution in [0.3, 0.4) is 0 Å². The summed E-state index contributed by atoms with van der Waals surface area (Å²) in [5, 5.41) is 0. The van der Waals surface area contributed by atoms with Gasteiger partial charge < -0.3 is 14.2 Å². The normalized spacial score (nSPS) is 25.3. The monoisotopic (exact) mass is 204 g/mol. The maximum absolute atomic E-state index is 5.45. The highest BCUT2D eigenvalue weighted by Crippen LogP contribution is 1.91. The molecule has 84 valence electrons. The van der Waals surface area contributed by atoms with Crippen LogP contribution in [0, 0.1) is 0 Å². The molecule has 1 aliphatic heterocycles. The largest absolute Gasteiger partial charge is 0.379 e. The standard InChI is InChI=1S/C9H20N2O3/c1-10-3-5-12-6-4-11(2)8-14-9-13-7-10/h3-9H2,1-2H3. The Morgan fingerprint density at radius 1 is 0.786 bits per heavy atom. The molecule has 1 rings (SSSR count). The van der Waals surface area contributed by atoms with Crippen molar-refractivity contribution in [2.75, 3.05) is 60.7 Å². The first kappa shape index (κ1) is 11.9. The van der Waals surface area contributed by atoms with E-state index in [1.807, 2.05) is 14.1 Å². The highest BCUT2D eigenvalue weighted by molar-refractivity contribution is 4.47. The lowest BCUT2D eigenvalue weighted by Gasteiger charge is -2.21. The molecular weight excluding hydrogens is 184 g/mol. The average Bonchev–Trinajstić information content (AvgIpc) is 2.14. The topological polar surface area (TPSA) is 34.2 Å². The highest BCUT2D eigenvalue weighted by atomic mass is 16.7. The second-order valence-electron chi connectivity index (χ2n) is 3.56. The summed E-state index contributed by atoms with van der Waals surface area (Å²) in [6.07, 6.45) is 0. The SMILES string of the molecule is CN1CCOCCN(C)COCOC1. The molecule has 0 spiro atoms. The van der Waals surface area contributed by atoms with Gasteiger partial charge in [-0.1, -0.05) is 0 Å². The Kier molecular flexibility index (Phi) is 6.05. The molecule has 0 amide bonds. The Labute approximate surface area is 85.5 Å². The second kappa shape index (κ2) is 7.14. The first-order valence-corrected chi connectivity index (χ1v) is 4.89. The lowest BCUT2D eigenvalue weighted by atomic mass is 10.6. The van der Waals surface area contributed by atoms with Gasteiger partial charge in [-0.2, -0.15) is 0 Å². The van der Waals surface area contributed by atoms with Crippen LogP contribution in [0.25, 0.3) is 0 Å². The van der Waals surface area contributed by atoms with E-state index in [0.717, 1.165) is 26.3 Å². The zero-order chi connectivity index (χ0) is 10.2. The summed E-state index contributed by atoms with van der Waals surface area (Å²) in [7, 11) is 4.00. The molecule has 0 aromatic heterocycles. The molecule has 5 heteroatoms. The molecular formula is C9H20N2O3. The predicted octanol–water partition coefficient (Wildman–Crippen LogP) is -0.214. The maximum Gasteiger partial charge on any atom is 0.150 e. The van der Waals surface area contributed by atoms with Crippen molar-refractivity contribution < 1.29 is 14.2 Å². The number of nitrogens with zero attached hydrogens (tertiary/aromatic N) is 2. The predicted molar refractivity (Wildman–Crippen MR) is 52.9 cm³/mol. The molecule has 0 unspecified atom stereocenters. The smallest absolute Gasteiger partial charge is 0.150 e. The number of likely N-dealkylation sites (N-methyl/N-ethyl adjacent to an activating group) is 2. The average molecular weight is 204 g/mol. The van der Waals surface area contributed by atoms with E-state index in [2.05, 4.69) is 9.80 Å². The first-order valence-electron chi connectivity index (χ1n) is 4.89. The fourth-order valence-corrected chi connectivity index (χ4v) is 1.12. The molecule has 0 aliphatic carbocycles. The summed E-state index contributed by atoms with van der Waals surface area (Å²) in [4.78, 5) is 4.13. The van der Waals surface area contributed by atoms with Crippen molar-refractivity contribution in [1.82, 2.24) is 9.80 Å². The fourth-order valence-electron chi connectivity index (χ4n) is 1.12. The summed E-state index contributed by atoms with van der Waals surface area (Å²) < 4.78 is 16.0. The van der Waals surface area contributed by atoms with E-state index in [4.69, 9.17) is 14.2 Å².